The van der Waals surface area contributed by atoms with Crippen LogP contribution in [0.4, 0.5) is 20.2 Å². The van der Waals surface area contributed by atoms with Gasteiger partial charge in [-0.05, 0) is 166 Å². The number of benzene rings is 4. The summed E-state index contributed by atoms with van der Waals surface area (Å²) in [6.07, 6.45) is -0.0619. The summed E-state index contributed by atoms with van der Waals surface area (Å²) in [6.45, 7) is 17.0. The highest BCUT2D eigenvalue weighted by atomic mass is 32.2. The van der Waals surface area contributed by atoms with Crippen molar-refractivity contribution in [1.29, 1.82) is 0 Å². The Morgan fingerprint density at radius 2 is 0.882 bits per heavy atom. The number of halogens is 2. The fraction of sp³-hybridized carbons (Fsp3) is 0.440. The normalized spacial score (nSPS) is 18.1. The molecule has 0 spiro atoms. The second-order valence-corrected chi connectivity index (χ2v) is 22.5. The molecule has 0 N–H and O–H groups in total. The first kappa shape index (κ1) is 53.1. The number of sulfonamides is 2. The topological polar surface area (TPSA) is 180 Å². The van der Waals surface area contributed by atoms with E-state index in [4.69, 9.17) is 18.9 Å². The molecule has 0 unspecified atom stereocenters. The van der Waals surface area contributed by atoms with Crippen molar-refractivity contribution in [2.24, 2.45) is 0 Å². The Labute approximate surface area is 398 Å². The van der Waals surface area contributed by atoms with E-state index >= 15 is 0 Å². The molecule has 0 saturated carbocycles. The molecule has 4 aromatic carbocycles. The van der Waals surface area contributed by atoms with Gasteiger partial charge in [0.1, 0.15) is 58.1 Å². The van der Waals surface area contributed by atoms with E-state index in [0.717, 1.165) is 24.3 Å². The van der Waals surface area contributed by atoms with Crippen LogP contribution in [-0.4, -0.2) is 75.8 Å². The van der Waals surface area contributed by atoms with E-state index in [0.29, 0.717) is 35.5 Å². The number of anilines is 2. The molecule has 2 heterocycles. The molecule has 0 amide bonds. The predicted octanol–water partition coefficient (Wildman–Crippen LogP) is 8.85. The van der Waals surface area contributed by atoms with Gasteiger partial charge in [0.15, 0.2) is 0 Å². The Morgan fingerprint density at radius 3 is 1.18 bits per heavy atom. The van der Waals surface area contributed by atoms with Crippen molar-refractivity contribution >= 4 is 54.9 Å². The lowest BCUT2D eigenvalue weighted by Crippen LogP contribution is -2.50. The Hall–Kier alpha value is -5.88. The second-order valence-electron chi connectivity index (χ2n) is 18.9. The maximum absolute atomic E-state index is 13.7. The first-order valence-electron chi connectivity index (χ1n) is 22.2. The number of nitrogens with zero attached hydrogens (tertiary/aromatic N) is 2. The number of carbonyl (C=O) groups excluding carboxylic acids is 4. The van der Waals surface area contributed by atoms with Crippen LogP contribution in [0.2, 0.25) is 0 Å². The third kappa shape index (κ3) is 13.6. The van der Waals surface area contributed by atoms with Gasteiger partial charge in [-0.2, -0.15) is 0 Å². The number of Topliss-reactive ketones (excluding diaryl/α,β-unsaturated/α-hetero) is 2. The summed E-state index contributed by atoms with van der Waals surface area (Å²) in [5.74, 6) is -1.38. The third-order valence-corrected chi connectivity index (χ3v) is 14.6. The van der Waals surface area contributed by atoms with Gasteiger partial charge in [0.25, 0.3) is 20.0 Å². The number of ketones is 2. The van der Waals surface area contributed by atoms with Gasteiger partial charge in [0.05, 0.1) is 46.1 Å². The first-order chi connectivity index (χ1) is 31.5. The van der Waals surface area contributed by atoms with Crippen LogP contribution >= 0.6 is 0 Å². The molecule has 0 saturated heterocycles. The Balaban J connectivity index is 0.000000254. The highest BCUT2D eigenvalue weighted by molar-refractivity contribution is 7.93. The van der Waals surface area contributed by atoms with Crippen LogP contribution in [0.25, 0.3) is 0 Å². The van der Waals surface area contributed by atoms with Gasteiger partial charge in [0.2, 0.25) is 0 Å². The van der Waals surface area contributed by atoms with Crippen molar-refractivity contribution in [3.8, 4) is 11.5 Å². The number of hydrogen-bond acceptors (Lipinski definition) is 12. The van der Waals surface area contributed by atoms with Gasteiger partial charge in [-0.15, -0.1) is 0 Å². The zero-order valence-corrected chi connectivity index (χ0v) is 41.6. The number of esters is 2. The maximum atomic E-state index is 13.7. The fourth-order valence-corrected chi connectivity index (χ4v) is 11.0. The molecule has 2 aliphatic heterocycles. The summed E-state index contributed by atoms with van der Waals surface area (Å²) in [5.41, 5.74) is 0.375. The van der Waals surface area contributed by atoms with E-state index in [1.54, 1.807) is 91.8 Å². The zero-order chi connectivity index (χ0) is 50.5. The van der Waals surface area contributed by atoms with Gasteiger partial charge in [0, 0.05) is 12.8 Å². The predicted molar refractivity (Wildman–Crippen MR) is 252 cm³/mol. The minimum absolute atomic E-state index is 0.0257. The summed E-state index contributed by atoms with van der Waals surface area (Å²) < 4.78 is 107. The van der Waals surface area contributed by atoms with Crippen LogP contribution < -0.4 is 18.1 Å². The van der Waals surface area contributed by atoms with Crippen molar-refractivity contribution in [2.75, 3.05) is 8.61 Å². The van der Waals surface area contributed by atoms with Crippen molar-refractivity contribution in [3.05, 3.63) is 108 Å². The largest absolute Gasteiger partial charge is 0.486 e. The molecule has 18 heteroatoms. The van der Waals surface area contributed by atoms with E-state index in [1.807, 2.05) is 0 Å². The van der Waals surface area contributed by atoms with Crippen molar-refractivity contribution in [3.63, 3.8) is 0 Å². The van der Waals surface area contributed by atoms with Crippen molar-refractivity contribution in [1.82, 2.24) is 0 Å². The quantitative estimate of drug-likeness (QED) is 0.110. The Kier molecular flexibility index (Phi) is 16.5. The fourth-order valence-electron chi connectivity index (χ4n) is 7.67. The highest BCUT2D eigenvalue weighted by Crippen LogP contribution is 2.43. The molecule has 4 atom stereocenters. The lowest BCUT2D eigenvalue weighted by Gasteiger charge is -2.41. The van der Waals surface area contributed by atoms with Crippen molar-refractivity contribution in [2.45, 2.75) is 153 Å². The highest BCUT2D eigenvalue weighted by Gasteiger charge is 2.42. The van der Waals surface area contributed by atoms with Gasteiger partial charge in [-0.3, -0.25) is 18.2 Å². The summed E-state index contributed by atoms with van der Waals surface area (Å²) in [7, 11) is -8.20. The van der Waals surface area contributed by atoms with Crippen molar-refractivity contribution < 1.29 is 63.7 Å². The molecule has 0 aromatic heterocycles. The molecule has 0 radical (unpaired) electrons. The van der Waals surface area contributed by atoms with Crippen LogP contribution in [0.15, 0.2) is 94.7 Å². The molecule has 68 heavy (non-hydrogen) atoms. The Morgan fingerprint density at radius 1 is 0.559 bits per heavy atom. The lowest BCUT2D eigenvalue weighted by molar-refractivity contribution is -0.155. The molecule has 14 nitrogen and oxygen atoms in total. The molecule has 6 rings (SSSR count). The summed E-state index contributed by atoms with van der Waals surface area (Å²) in [6, 6.07) is 17.7. The molecule has 2 aliphatic rings. The Bertz CT molecular complexity index is 2530. The summed E-state index contributed by atoms with van der Waals surface area (Å²) in [5, 5.41) is 0. The van der Waals surface area contributed by atoms with Gasteiger partial charge >= 0.3 is 11.9 Å². The van der Waals surface area contributed by atoms with Gasteiger partial charge in [-0.1, -0.05) is 12.1 Å². The van der Waals surface area contributed by atoms with Crippen LogP contribution in [0.5, 0.6) is 11.5 Å². The number of carbonyl (C=O) groups is 4. The molecular formula is C50H60F2N2O12S2. The minimum Gasteiger partial charge on any atom is -0.486 e. The second kappa shape index (κ2) is 21.2. The molecule has 0 bridgehead atoms. The average Bonchev–Trinajstić information content (AvgIpc) is 3.21. The average molecular weight is 983 g/mol. The molecule has 0 fully saturated rings. The number of fused-ring (bicyclic) bond motifs is 2. The number of ether oxygens (including phenoxy) is 4. The number of rotatable bonds is 14. The maximum Gasteiger partial charge on any atom is 0.310 e. The number of hydrogen-bond donors (Lipinski definition) is 0. The standard InChI is InChI=1S/2C25H30FNO6S/c2*1-16(28)6-12-22-17(2)27(34(30,31)20-10-8-19(26)9-11-20)21-14-18(7-13-23(21)32-22)15-24(29)33-25(3,4)5/h2*7-11,13-14,17,22H,6,12,15H2,1-5H3/t2*17-,22-/m10/s1. The molecule has 0 aliphatic carbocycles. The van der Waals surface area contributed by atoms with Crippen LogP contribution in [0.3, 0.4) is 0 Å². The van der Waals surface area contributed by atoms with E-state index in [2.05, 4.69) is 0 Å². The van der Waals surface area contributed by atoms with E-state index < -0.39 is 79.1 Å². The zero-order valence-electron chi connectivity index (χ0n) is 40.0. The minimum atomic E-state index is -4.10. The van der Waals surface area contributed by atoms with Gasteiger partial charge < -0.3 is 28.5 Å². The van der Waals surface area contributed by atoms with Crippen LogP contribution in [0, 0.1) is 11.6 Å². The third-order valence-electron chi connectivity index (χ3n) is 10.7. The molecule has 4 aromatic rings. The summed E-state index contributed by atoms with van der Waals surface area (Å²) >= 11 is 0. The molecular weight excluding hydrogens is 923 g/mol. The SMILES string of the molecule is CC(=O)CC[C@@H]1Oc2ccc(CC(=O)OC(C)(C)C)cc2N(S(=O)(=O)c2ccc(F)cc2)[C@H]1C.CC(=O)CC[C@H]1Oc2ccc(CC(=O)OC(C)(C)C)cc2N(S(=O)(=O)c2ccc(F)cc2)[C@@H]1C. The van der Waals surface area contributed by atoms with E-state index in [9.17, 15) is 44.8 Å². The lowest BCUT2D eigenvalue weighted by atomic mass is 10.0. The van der Waals surface area contributed by atoms with E-state index in [1.165, 1.54) is 46.7 Å². The van der Waals surface area contributed by atoms with Crippen LogP contribution in [0.1, 0.15) is 106 Å². The van der Waals surface area contributed by atoms with Gasteiger partial charge in [-0.25, -0.2) is 25.6 Å². The van der Waals surface area contributed by atoms with Crippen LogP contribution in [-0.2, 0) is 61.5 Å². The smallest absolute Gasteiger partial charge is 0.310 e. The first-order valence-corrected chi connectivity index (χ1v) is 25.1. The molecule has 368 valence electrons. The van der Waals surface area contributed by atoms with E-state index in [-0.39, 0.29) is 58.4 Å². The monoisotopic (exact) mass is 982 g/mol. The summed E-state index contributed by atoms with van der Waals surface area (Å²) in [4.78, 5) is 47.6.